The molecule has 0 spiro atoms. The summed E-state index contributed by atoms with van der Waals surface area (Å²) in [5.74, 6) is -0.0195. The van der Waals surface area contributed by atoms with Crippen LogP contribution in [0.15, 0.2) is 29.2 Å². The SMILES string of the molecule is COC(=O)C[C@@H]1CCN(C(=O)Nc2ccccc2SC)C1. The smallest absolute Gasteiger partial charge is 0.321 e. The second-order valence-electron chi connectivity index (χ2n) is 5.01. The molecular formula is C15H20N2O3S. The summed E-state index contributed by atoms with van der Waals surface area (Å²) in [4.78, 5) is 26.3. The van der Waals surface area contributed by atoms with Gasteiger partial charge in [0.15, 0.2) is 0 Å². The highest BCUT2D eigenvalue weighted by atomic mass is 32.2. The van der Waals surface area contributed by atoms with Gasteiger partial charge in [-0.15, -0.1) is 11.8 Å². The molecule has 1 aromatic carbocycles. The number of rotatable bonds is 4. The number of hydrogen-bond acceptors (Lipinski definition) is 4. The Labute approximate surface area is 129 Å². The van der Waals surface area contributed by atoms with Gasteiger partial charge in [-0.05, 0) is 30.7 Å². The van der Waals surface area contributed by atoms with E-state index in [2.05, 4.69) is 10.1 Å². The lowest BCUT2D eigenvalue weighted by molar-refractivity contribution is -0.141. The quantitative estimate of drug-likeness (QED) is 0.686. The molecule has 0 aliphatic carbocycles. The fourth-order valence-corrected chi connectivity index (χ4v) is 3.00. The van der Waals surface area contributed by atoms with Gasteiger partial charge in [-0.3, -0.25) is 4.79 Å². The van der Waals surface area contributed by atoms with Crippen molar-refractivity contribution in [3.8, 4) is 0 Å². The van der Waals surface area contributed by atoms with Gasteiger partial charge in [0.05, 0.1) is 19.2 Å². The van der Waals surface area contributed by atoms with Crippen molar-refractivity contribution in [3.63, 3.8) is 0 Å². The Bertz CT molecular complexity index is 521. The third-order valence-electron chi connectivity index (χ3n) is 3.60. The Hall–Kier alpha value is -1.69. The maximum atomic E-state index is 12.3. The number of para-hydroxylation sites is 1. The van der Waals surface area contributed by atoms with Crippen LogP contribution in [0, 0.1) is 5.92 Å². The second kappa shape index (κ2) is 7.36. The number of methoxy groups -OCH3 is 1. The molecule has 1 aliphatic heterocycles. The maximum Gasteiger partial charge on any atom is 0.321 e. The number of nitrogens with zero attached hydrogens (tertiary/aromatic N) is 1. The molecule has 21 heavy (non-hydrogen) atoms. The first-order valence-electron chi connectivity index (χ1n) is 6.89. The van der Waals surface area contributed by atoms with Crippen LogP contribution in [0.4, 0.5) is 10.5 Å². The van der Waals surface area contributed by atoms with Crippen LogP contribution in [0.2, 0.25) is 0 Å². The minimum absolute atomic E-state index is 0.108. The van der Waals surface area contributed by atoms with Crippen molar-refractivity contribution in [2.45, 2.75) is 17.7 Å². The Kier molecular flexibility index (Phi) is 5.50. The Morgan fingerprint density at radius 3 is 2.90 bits per heavy atom. The van der Waals surface area contributed by atoms with Gasteiger partial charge < -0.3 is 15.0 Å². The first-order valence-corrected chi connectivity index (χ1v) is 8.12. The van der Waals surface area contributed by atoms with Gasteiger partial charge in [-0.25, -0.2) is 4.79 Å². The number of likely N-dealkylation sites (tertiary alicyclic amines) is 1. The summed E-state index contributed by atoms with van der Waals surface area (Å²) in [6.07, 6.45) is 3.20. The Balaban J connectivity index is 1.91. The lowest BCUT2D eigenvalue weighted by atomic mass is 10.1. The van der Waals surface area contributed by atoms with E-state index in [0.717, 1.165) is 17.0 Å². The number of ether oxygens (including phenoxy) is 1. The zero-order valence-electron chi connectivity index (χ0n) is 12.3. The van der Waals surface area contributed by atoms with E-state index in [-0.39, 0.29) is 17.9 Å². The molecule has 0 unspecified atom stereocenters. The van der Waals surface area contributed by atoms with E-state index >= 15 is 0 Å². The minimum atomic E-state index is -0.213. The van der Waals surface area contributed by atoms with Gasteiger partial charge in [0.1, 0.15) is 0 Å². The molecule has 0 aromatic heterocycles. The van der Waals surface area contributed by atoms with Crippen LogP contribution in [0.5, 0.6) is 0 Å². The predicted molar refractivity (Wildman–Crippen MR) is 83.6 cm³/mol. The summed E-state index contributed by atoms with van der Waals surface area (Å²) >= 11 is 1.60. The van der Waals surface area contributed by atoms with Crippen molar-refractivity contribution in [2.24, 2.45) is 5.92 Å². The molecule has 1 saturated heterocycles. The predicted octanol–water partition coefficient (Wildman–Crippen LogP) is 2.83. The van der Waals surface area contributed by atoms with Gasteiger partial charge in [0, 0.05) is 18.0 Å². The minimum Gasteiger partial charge on any atom is -0.469 e. The molecule has 6 heteroatoms. The average Bonchev–Trinajstić information content (AvgIpc) is 2.96. The van der Waals surface area contributed by atoms with Crippen molar-refractivity contribution in [2.75, 3.05) is 31.8 Å². The van der Waals surface area contributed by atoms with E-state index in [0.29, 0.717) is 19.5 Å². The highest BCUT2D eigenvalue weighted by molar-refractivity contribution is 7.98. The number of nitrogens with one attached hydrogen (secondary N) is 1. The number of carbonyl (C=O) groups is 2. The summed E-state index contributed by atoms with van der Waals surface area (Å²) < 4.78 is 4.67. The van der Waals surface area contributed by atoms with Crippen LogP contribution in [0.25, 0.3) is 0 Å². The van der Waals surface area contributed by atoms with Crippen LogP contribution in [-0.4, -0.2) is 43.4 Å². The van der Waals surface area contributed by atoms with Crippen molar-refractivity contribution in [1.29, 1.82) is 0 Å². The normalized spacial score (nSPS) is 17.6. The van der Waals surface area contributed by atoms with Crippen LogP contribution >= 0.6 is 11.8 Å². The van der Waals surface area contributed by atoms with E-state index in [9.17, 15) is 9.59 Å². The van der Waals surface area contributed by atoms with Crippen LogP contribution in [0.1, 0.15) is 12.8 Å². The number of carbonyl (C=O) groups excluding carboxylic acids is 2. The molecule has 1 atom stereocenters. The van der Waals surface area contributed by atoms with E-state index < -0.39 is 0 Å². The molecule has 114 valence electrons. The molecule has 5 nitrogen and oxygen atoms in total. The fourth-order valence-electron chi connectivity index (χ4n) is 2.44. The summed E-state index contributed by atoms with van der Waals surface area (Å²) in [5, 5.41) is 2.94. The van der Waals surface area contributed by atoms with Crippen LogP contribution in [-0.2, 0) is 9.53 Å². The highest BCUT2D eigenvalue weighted by Crippen LogP contribution is 2.26. The number of hydrogen-bond donors (Lipinski definition) is 1. The molecule has 2 amide bonds. The third kappa shape index (κ3) is 4.14. The topological polar surface area (TPSA) is 58.6 Å². The molecule has 1 heterocycles. The van der Waals surface area contributed by atoms with E-state index in [1.807, 2.05) is 30.5 Å². The fraction of sp³-hybridized carbons (Fsp3) is 0.467. The van der Waals surface area contributed by atoms with Gasteiger partial charge in [0.25, 0.3) is 0 Å². The number of anilines is 1. The molecule has 0 saturated carbocycles. The van der Waals surface area contributed by atoms with Crippen LogP contribution < -0.4 is 5.32 Å². The van der Waals surface area contributed by atoms with E-state index in [1.165, 1.54) is 7.11 Å². The van der Waals surface area contributed by atoms with Gasteiger partial charge in [0.2, 0.25) is 0 Å². The molecule has 0 bridgehead atoms. The molecule has 0 radical (unpaired) electrons. The second-order valence-corrected chi connectivity index (χ2v) is 5.86. The molecule has 2 rings (SSSR count). The summed E-state index contributed by atoms with van der Waals surface area (Å²) in [7, 11) is 1.39. The number of amides is 2. The van der Waals surface area contributed by atoms with Crippen molar-refractivity contribution in [3.05, 3.63) is 24.3 Å². The zero-order chi connectivity index (χ0) is 15.2. The highest BCUT2D eigenvalue weighted by Gasteiger charge is 2.28. The Morgan fingerprint density at radius 1 is 1.43 bits per heavy atom. The standard InChI is InChI=1S/C15H20N2O3S/c1-20-14(18)9-11-7-8-17(10-11)15(19)16-12-5-3-4-6-13(12)21-2/h3-6,11H,7-10H2,1-2H3,(H,16,19)/t11-/m0/s1. The van der Waals surface area contributed by atoms with Gasteiger partial charge in [-0.2, -0.15) is 0 Å². The molecule has 1 fully saturated rings. The lowest BCUT2D eigenvalue weighted by Gasteiger charge is -2.18. The Morgan fingerprint density at radius 2 is 2.19 bits per heavy atom. The number of thioether (sulfide) groups is 1. The average molecular weight is 308 g/mol. The van der Waals surface area contributed by atoms with E-state index in [4.69, 9.17) is 0 Å². The first kappa shape index (κ1) is 15.7. The maximum absolute atomic E-state index is 12.3. The first-order chi connectivity index (χ1) is 10.1. The van der Waals surface area contributed by atoms with Crippen molar-refractivity contribution < 1.29 is 14.3 Å². The molecule has 1 aliphatic rings. The summed E-state index contributed by atoms with van der Waals surface area (Å²) in [6, 6.07) is 7.61. The summed E-state index contributed by atoms with van der Waals surface area (Å²) in [5.41, 5.74) is 0.825. The van der Waals surface area contributed by atoms with Crippen molar-refractivity contribution >= 4 is 29.4 Å². The zero-order valence-corrected chi connectivity index (χ0v) is 13.1. The molecule has 1 aromatic rings. The monoisotopic (exact) mass is 308 g/mol. The summed E-state index contributed by atoms with van der Waals surface area (Å²) in [6.45, 7) is 1.28. The largest absolute Gasteiger partial charge is 0.469 e. The van der Waals surface area contributed by atoms with E-state index in [1.54, 1.807) is 16.7 Å². The lowest BCUT2D eigenvalue weighted by Crippen LogP contribution is -2.33. The molecule has 1 N–H and O–H groups in total. The number of benzene rings is 1. The molecular weight excluding hydrogens is 288 g/mol. The third-order valence-corrected chi connectivity index (χ3v) is 4.40. The van der Waals surface area contributed by atoms with Crippen molar-refractivity contribution in [1.82, 2.24) is 4.90 Å². The van der Waals surface area contributed by atoms with Gasteiger partial charge >= 0.3 is 12.0 Å². The van der Waals surface area contributed by atoms with Crippen LogP contribution in [0.3, 0.4) is 0 Å². The number of esters is 1. The van der Waals surface area contributed by atoms with Gasteiger partial charge in [-0.1, -0.05) is 12.1 Å². The number of urea groups is 1.